The highest BCUT2D eigenvalue weighted by Gasteiger charge is 2.19. The Hall–Kier alpha value is -2.53. The van der Waals surface area contributed by atoms with E-state index in [1.807, 2.05) is 40.3 Å². The Bertz CT molecular complexity index is 831. The maximum absolute atomic E-state index is 12.6. The van der Waals surface area contributed by atoms with E-state index in [4.69, 9.17) is 0 Å². The van der Waals surface area contributed by atoms with Crippen LogP contribution in [0.3, 0.4) is 0 Å². The van der Waals surface area contributed by atoms with Crippen molar-refractivity contribution in [2.24, 2.45) is 0 Å². The number of benzene rings is 2. The summed E-state index contributed by atoms with van der Waals surface area (Å²) in [6.07, 6.45) is 2.84. The second-order valence-electron chi connectivity index (χ2n) is 6.88. The highest BCUT2D eigenvalue weighted by atomic mass is 19.1. The molecule has 0 radical (unpaired) electrons. The Balaban J connectivity index is 0.000000171. The van der Waals surface area contributed by atoms with Crippen molar-refractivity contribution in [3.8, 4) is 0 Å². The molecule has 1 N–H and O–H groups in total. The zero-order chi connectivity index (χ0) is 20.0. The Kier molecular flexibility index (Phi) is 7.25. The van der Waals surface area contributed by atoms with Crippen molar-refractivity contribution in [1.29, 1.82) is 0 Å². The molecule has 0 amide bonds. The first kappa shape index (κ1) is 20.8. The third-order valence-electron chi connectivity index (χ3n) is 4.52. The quantitative estimate of drug-likeness (QED) is 0.832. The van der Waals surface area contributed by atoms with Gasteiger partial charge in [0.15, 0.2) is 11.6 Å². The number of halogens is 1. The van der Waals surface area contributed by atoms with Gasteiger partial charge in [-0.15, -0.1) is 0 Å². The van der Waals surface area contributed by atoms with E-state index in [2.05, 4.69) is 16.3 Å². The van der Waals surface area contributed by atoms with Crippen LogP contribution < -0.4 is 10.2 Å². The Labute approximate surface area is 160 Å². The molecule has 0 atom stereocenters. The lowest BCUT2D eigenvalue weighted by molar-refractivity contribution is 0.0986. The van der Waals surface area contributed by atoms with Crippen molar-refractivity contribution >= 4 is 17.3 Å². The maximum Gasteiger partial charge on any atom is 0.163 e. The Morgan fingerprint density at radius 2 is 1.30 bits per heavy atom. The lowest BCUT2D eigenvalue weighted by Crippen LogP contribution is -2.08. The van der Waals surface area contributed by atoms with Crippen molar-refractivity contribution in [3.63, 3.8) is 0 Å². The number of rotatable bonds is 1. The average Bonchev–Trinajstić information content (AvgIpc) is 3.19. The summed E-state index contributed by atoms with van der Waals surface area (Å²) in [5, 5.41) is 2.75. The van der Waals surface area contributed by atoms with Crippen LogP contribution in [0.25, 0.3) is 0 Å². The van der Waals surface area contributed by atoms with Crippen LogP contribution in [0.15, 0.2) is 36.4 Å². The van der Waals surface area contributed by atoms with Crippen LogP contribution in [0.1, 0.15) is 44.7 Å². The molecule has 5 heteroatoms. The molecular weight excluding hydrogens is 343 g/mol. The molecule has 2 aliphatic rings. The topological polar surface area (TPSA) is 49.4 Å². The summed E-state index contributed by atoms with van der Waals surface area (Å²) in [6.45, 7) is 0. The maximum atomic E-state index is 12.6. The number of hydrogen-bond acceptors (Lipinski definition) is 4. The predicted octanol–water partition coefficient (Wildman–Crippen LogP) is 3.67. The minimum absolute atomic E-state index is 0.139. The number of hydrogen-bond donors (Lipinski definition) is 1. The van der Waals surface area contributed by atoms with Gasteiger partial charge < -0.3 is 10.2 Å². The molecule has 0 bridgehead atoms. The molecule has 2 aliphatic carbocycles. The minimum atomic E-state index is -0.251. The van der Waals surface area contributed by atoms with E-state index in [1.165, 1.54) is 23.4 Å². The first-order chi connectivity index (χ1) is 12.9. The minimum Gasteiger partial charge on any atom is -0.378 e. The summed E-state index contributed by atoms with van der Waals surface area (Å²) in [5.74, 6) is 0.179. The molecule has 4 rings (SSSR count). The van der Waals surface area contributed by atoms with Gasteiger partial charge in [-0.05, 0) is 74.5 Å². The normalized spacial score (nSPS) is 13.8. The van der Waals surface area contributed by atoms with E-state index in [0.29, 0.717) is 30.6 Å². The molecule has 0 heterocycles. The highest BCUT2D eigenvalue weighted by Crippen LogP contribution is 2.26. The fraction of sp³-hybridized carbons (Fsp3) is 0.364. The number of nitrogens with one attached hydrogen (secondary N) is 1. The molecule has 0 unspecified atom stereocenters. The average molecular weight is 370 g/mol. The van der Waals surface area contributed by atoms with Crippen molar-refractivity contribution in [2.75, 3.05) is 33.1 Å². The predicted molar refractivity (Wildman–Crippen MR) is 107 cm³/mol. The largest absolute Gasteiger partial charge is 0.378 e. The highest BCUT2D eigenvalue weighted by molar-refractivity contribution is 6.01. The van der Waals surface area contributed by atoms with Gasteiger partial charge >= 0.3 is 0 Å². The van der Waals surface area contributed by atoms with Crippen LogP contribution in [0, 0.1) is 5.82 Å². The first-order valence-electron chi connectivity index (χ1n) is 9.11. The molecule has 0 spiro atoms. The molecule has 4 nitrogen and oxygen atoms in total. The summed E-state index contributed by atoms with van der Waals surface area (Å²) in [4.78, 5) is 24.4. The molecule has 0 fully saturated rings. The molecule has 0 saturated heterocycles. The zero-order valence-electron chi connectivity index (χ0n) is 16.4. The fourth-order valence-corrected chi connectivity index (χ4v) is 3.14. The van der Waals surface area contributed by atoms with E-state index in [9.17, 15) is 14.0 Å². The molecule has 2 aromatic rings. The molecule has 0 saturated carbocycles. The van der Waals surface area contributed by atoms with Gasteiger partial charge in [-0.2, -0.15) is 0 Å². The van der Waals surface area contributed by atoms with Crippen molar-refractivity contribution in [2.45, 2.75) is 25.7 Å². The van der Waals surface area contributed by atoms with Crippen LogP contribution in [0.2, 0.25) is 0 Å². The van der Waals surface area contributed by atoms with E-state index in [-0.39, 0.29) is 11.6 Å². The number of Topliss-reactive ketones (excluding diaryl/α,β-unsaturated/α-hetero) is 2. The van der Waals surface area contributed by atoms with Crippen LogP contribution in [-0.2, 0) is 12.8 Å². The summed E-state index contributed by atoms with van der Waals surface area (Å²) in [7, 11) is 7.77. The van der Waals surface area contributed by atoms with Gasteiger partial charge in [0.25, 0.3) is 0 Å². The summed E-state index contributed by atoms with van der Waals surface area (Å²) < 4.78 is 12.6. The zero-order valence-corrected chi connectivity index (χ0v) is 16.4. The van der Waals surface area contributed by atoms with Crippen LogP contribution >= 0.6 is 0 Å². The van der Waals surface area contributed by atoms with Crippen LogP contribution in [0.5, 0.6) is 0 Å². The summed E-state index contributed by atoms with van der Waals surface area (Å²) in [6, 6.07) is 10.4. The number of fused-ring (bicyclic) bond motifs is 2. The second kappa shape index (κ2) is 9.42. The standard InChI is InChI=1S/C11H13NO.C9H7FO.C2H7N/c1-12(2)9-4-5-10-8(7-9)3-6-11(10)13;10-7-2-3-8-6(5-7)1-4-9(8)11;1-3-2/h4-5,7H,3,6H2,1-2H3;2-3,5H,1,4H2;3H,1-2H3. The number of carbonyl (C=O) groups excluding carboxylic acids is 2. The molecule has 27 heavy (non-hydrogen) atoms. The smallest absolute Gasteiger partial charge is 0.163 e. The summed E-state index contributed by atoms with van der Waals surface area (Å²) in [5.41, 5.74) is 4.86. The van der Waals surface area contributed by atoms with E-state index in [1.54, 1.807) is 6.07 Å². The number of aryl methyl sites for hydroxylation is 2. The number of ketones is 2. The number of carbonyl (C=O) groups is 2. The van der Waals surface area contributed by atoms with E-state index < -0.39 is 0 Å². The number of nitrogens with zero attached hydrogens (tertiary/aromatic N) is 1. The first-order valence-corrected chi connectivity index (χ1v) is 9.11. The third kappa shape index (κ3) is 5.23. The Morgan fingerprint density at radius 1 is 0.815 bits per heavy atom. The van der Waals surface area contributed by atoms with Gasteiger partial charge in [0.05, 0.1) is 0 Å². The van der Waals surface area contributed by atoms with Gasteiger partial charge in [-0.1, -0.05) is 0 Å². The fourth-order valence-electron chi connectivity index (χ4n) is 3.14. The molecule has 144 valence electrons. The van der Waals surface area contributed by atoms with Crippen molar-refractivity contribution in [3.05, 3.63) is 64.5 Å². The van der Waals surface area contributed by atoms with Crippen LogP contribution in [-0.4, -0.2) is 39.8 Å². The van der Waals surface area contributed by atoms with Crippen LogP contribution in [0.4, 0.5) is 10.1 Å². The Morgan fingerprint density at radius 3 is 1.81 bits per heavy atom. The lowest BCUT2D eigenvalue weighted by Gasteiger charge is -2.13. The van der Waals surface area contributed by atoms with Gasteiger partial charge in [-0.25, -0.2) is 4.39 Å². The molecule has 0 aliphatic heterocycles. The van der Waals surface area contributed by atoms with Gasteiger partial charge in [0.2, 0.25) is 0 Å². The van der Waals surface area contributed by atoms with E-state index in [0.717, 1.165) is 17.5 Å². The SMILES string of the molecule is CN(C)c1ccc2c(c1)CCC2=O.CNC.O=C1CCc2cc(F)ccc21. The lowest BCUT2D eigenvalue weighted by atomic mass is 10.1. The molecular formula is C22H27FN2O2. The van der Waals surface area contributed by atoms with Gasteiger partial charge in [0, 0.05) is 43.8 Å². The number of anilines is 1. The van der Waals surface area contributed by atoms with Crippen molar-refractivity contribution in [1.82, 2.24) is 5.32 Å². The summed E-state index contributed by atoms with van der Waals surface area (Å²) >= 11 is 0. The van der Waals surface area contributed by atoms with E-state index >= 15 is 0 Å². The van der Waals surface area contributed by atoms with Gasteiger partial charge in [-0.3, -0.25) is 9.59 Å². The third-order valence-corrected chi connectivity index (χ3v) is 4.52. The van der Waals surface area contributed by atoms with Crippen molar-refractivity contribution < 1.29 is 14.0 Å². The second-order valence-corrected chi connectivity index (χ2v) is 6.88. The molecule has 2 aromatic carbocycles. The molecule has 0 aromatic heterocycles. The monoisotopic (exact) mass is 370 g/mol. The van der Waals surface area contributed by atoms with Gasteiger partial charge in [0.1, 0.15) is 5.82 Å².